The Kier molecular flexibility index (Phi) is 3.97. The Hall–Kier alpha value is -0.940. The molecular formula is C14H25N3O2. The Labute approximate surface area is 115 Å². The first-order valence-corrected chi connectivity index (χ1v) is 7.10. The predicted octanol–water partition coefficient (Wildman–Crippen LogP) is 0.596. The molecule has 0 radical (unpaired) electrons. The number of rotatable bonds is 2. The first-order chi connectivity index (χ1) is 8.79. The van der Waals surface area contributed by atoms with E-state index in [-0.39, 0.29) is 23.4 Å². The summed E-state index contributed by atoms with van der Waals surface area (Å²) in [5.41, 5.74) is 0.213. The highest BCUT2D eigenvalue weighted by atomic mass is 16.2. The van der Waals surface area contributed by atoms with Gasteiger partial charge in [0, 0.05) is 31.7 Å². The number of nitrogens with zero attached hydrogens (tertiary/aromatic N) is 2. The summed E-state index contributed by atoms with van der Waals surface area (Å²) in [6, 6.07) is 0.0514. The second-order valence-electron chi connectivity index (χ2n) is 6.65. The maximum absolute atomic E-state index is 11.8. The van der Waals surface area contributed by atoms with E-state index >= 15 is 0 Å². The van der Waals surface area contributed by atoms with Crippen LogP contribution >= 0.6 is 0 Å². The van der Waals surface area contributed by atoms with Gasteiger partial charge in [-0.05, 0) is 33.6 Å². The molecule has 0 bridgehead atoms. The number of hydrogen-bond acceptors (Lipinski definition) is 4. The summed E-state index contributed by atoms with van der Waals surface area (Å²) < 4.78 is 0. The molecule has 2 aliphatic heterocycles. The van der Waals surface area contributed by atoms with E-state index in [1.165, 1.54) is 4.90 Å². The van der Waals surface area contributed by atoms with Crippen LogP contribution in [-0.4, -0.2) is 59.4 Å². The third kappa shape index (κ3) is 3.15. The van der Waals surface area contributed by atoms with Gasteiger partial charge in [-0.15, -0.1) is 0 Å². The molecule has 0 aromatic heterocycles. The number of amides is 2. The molecule has 0 saturated carbocycles. The highest BCUT2D eigenvalue weighted by Gasteiger charge is 2.37. The van der Waals surface area contributed by atoms with Gasteiger partial charge in [0.25, 0.3) is 0 Å². The Morgan fingerprint density at radius 1 is 1.16 bits per heavy atom. The highest BCUT2D eigenvalue weighted by molar-refractivity contribution is 6.05. The topological polar surface area (TPSA) is 52.7 Å². The lowest BCUT2D eigenvalue weighted by molar-refractivity contribution is -0.137. The van der Waals surface area contributed by atoms with E-state index in [2.05, 4.69) is 31.0 Å². The van der Waals surface area contributed by atoms with Gasteiger partial charge >= 0.3 is 0 Å². The van der Waals surface area contributed by atoms with Crippen molar-refractivity contribution in [2.75, 3.05) is 20.1 Å². The summed E-state index contributed by atoms with van der Waals surface area (Å²) in [7, 11) is 1.56. The molecule has 108 valence electrons. The van der Waals surface area contributed by atoms with Crippen LogP contribution in [0.3, 0.4) is 0 Å². The monoisotopic (exact) mass is 267 g/mol. The number of imide groups is 1. The average Bonchev–Trinajstić information content (AvgIpc) is 2.57. The molecule has 2 aliphatic rings. The van der Waals surface area contributed by atoms with Gasteiger partial charge in [0.1, 0.15) is 0 Å². The van der Waals surface area contributed by atoms with Crippen LogP contribution in [0.2, 0.25) is 0 Å². The largest absolute Gasteiger partial charge is 0.303 e. The summed E-state index contributed by atoms with van der Waals surface area (Å²) in [6.45, 7) is 8.79. The second kappa shape index (κ2) is 5.21. The lowest BCUT2D eigenvalue weighted by Gasteiger charge is -2.41. The van der Waals surface area contributed by atoms with E-state index in [0.29, 0.717) is 12.5 Å². The van der Waals surface area contributed by atoms with Crippen molar-refractivity contribution < 1.29 is 9.59 Å². The van der Waals surface area contributed by atoms with Gasteiger partial charge in [0.05, 0.1) is 12.5 Å². The van der Waals surface area contributed by atoms with Crippen molar-refractivity contribution in [2.24, 2.45) is 0 Å². The van der Waals surface area contributed by atoms with Crippen LogP contribution in [0.25, 0.3) is 0 Å². The van der Waals surface area contributed by atoms with Crippen molar-refractivity contribution in [1.82, 2.24) is 15.1 Å². The van der Waals surface area contributed by atoms with E-state index < -0.39 is 0 Å². The normalized spacial score (nSPS) is 27.4. The van der Waals surface area contributed by atoms with E-state index in [1.54, 1.807) is 7.05 Å². The van der Waals surface area contributed by atoms with E-state index in [0.717, 1.165) is 25.9 Å². The number of likely N-dealkylation sites (tertiary alicyclic amines) is 2. The molecule has 1 unspecified atom stereocenters. The molecule has 2 saturated heterocycles. The van der Waals surface area contributed by atoms with E-state index in [4.69, 9.17) is 0 Å². The van der Waals surface area contributed by atoms with Gasteiger partial charge in [0.2, 0.25) is 11.8 Å². The fourth-order valence-corrected chi connectivity index (χ4v) is 2.89. The molecule has 0 aromatic rings. The third-order valence-electron chi connectivity index (χ3n) is 4.26. The number of hydrogen-bond donors (Lipinski definition) is 1. The molecule has 5 nitrogen and oxygen atoms in total. The quantitative estimate of drug-likeness (QED) is 0.744. The van der Waals surface area contributed by atoms with Crippen LogP contribution in [0.1, 0.15) is 40.0 Å². The van der Waals surface area contributed by atoms with Crippen molar-refractivity contribution >= 4 is 11.8 Å². The summed E-state index contributed by atoms with van der Waals surface area (Å²) in [6.07, 6.45) is 2.40. The maximum Gasteiger partial charge on any atom is 0.246 e. The lowest BCUT2D eigenvalue weighted by atomic mass is 9.97. The first kappa shape index (κ1) is 14.5. The Morgan fingerprint density at radius 3 is 2.16 bits per heavy atom. The van der Waals surface area contributed by atoms with Crippen LogP contribution in [-0.2, 0) is 9.59 Å². The molecule has 5 heteroatoms. The van der Waals surface area contributed by atoms with E-state index in [1.807, 2.05) is 0 Å². The molecule has 19 heavy (non-hydrogen) atoms. The standard InChI is InChI=1S/C14H25N3O2/c1-14(2,3)17-7-5-10(6-8-17)15-11-9-12(18)16(4)13(11)19/h10-11,15H,5-9H2,1-4H3. The smallest absolute Gasteiger partial charge is 0.246 e. The van der Waals surface area contributed by atoms with Crippen LogP contribution in [0.5, 0.6) is 0 Å². The summed E-state index contributed by atoms with van der Waals surface area (Å²) in [5.74, 6) is -0.155. The molecule has 1 atom stereocenters. The molecule has 0 aliphatic carbocycles. The van der Waals surface area contributed by atoms with Crippen molar-refractivity contribution in [1.29, 1.82) is 0 Å². The second-order valence-corrected chi connectivity index (χ2v) is 6.65. The zero-order valence-corrected chi connectivity index (χ0v) is 12.4. The van der Waals surface area contributed by atoms with Gasteiger partial charge in [-0.3, -0.25) is 19.4 Å². The fraction of sp³-hybridized carbons (Fsp3) is 0.857. The molecule has 2 rings (SSSR count). The Bertz CT molecular complexity index is 367. The summed E-state index contributed by atoms with van der Waals surface area (Å²) in [5, 5.41) is 3.36. The highest BCUT2D eigenvalue weighted by Crippen LogP contribution is 2.21. The first-order valence-electron chi connectivity index (χ1n) is 7.10. The lowest BCUT2D eigenvalue weighted by Crippen LogP contribution is -2.52. The van der Waals surface area contributed by atoms with Gasteiger partial charge in [-0.25, -0.2) is 0 Å². The van der Waals surface area contributed by atoms with Crippen LogP contribution in [0.4, 0.5) is 0 Å². The van der Waals surface area contributed by atoms with Crippen molar-refractivity contribution in [3.8, 4) is 0 Å². The molecule has 0 spiro atoms. The summed E-state index contributed by atoms with van der Waals surface area (Å²) in [4.78, 5) is 27.0. The molecule has 0 aromatic carbocycles. The van der Waals surface area contributed by atoms with E-state index in [9.17, 15) is 9.59 Å². The number of piperidine rings is 1. The van der Waals surface area contributed by atoms with Gasteiger partial charge < -0.3 is 5.32 Å². The third-order valence-corrected chi connectivity index (χ3v) is 4.26. The number of nitrogens with one attached hydrogen (secondary N) is 1. The van der Waals surface area contributed by atoms with Crippen molar-refractivity contribution in [2.45, 2.75) is 57.7 Å². The zero-order chi connectivity index (χ0) is 14.2. The minimum absolute atomic E-state index is 0.0744. The Balaban J connectivity index is 1.84. The number of likely N-dealkylation sites (N-methyl/N-ethyl adjacent to an activating group) is 1. The van der Waals surface area contributed by atoms with Crippen molar-refractivity contribution in [3.05, 3.63) is 0 Å². The number of carbonyl (C=O) groups excluding carboxylic acids is 2. The average molecular weight is 267 g/mol. The van der Waals surface area contributed by atoms with Gasteiger partial charge in [-0.1, -0.05) is 0 Å². The zero-order valence-electron chi connectivity index (χ0n) is 12.4. The van der Waals surface area contributed by atoms with Crippen LogP contribution < -0.4 is 5.32 Å². The predicted molar refractivity (Wildman–Crippen MR) is 73.7 cm³/mol. The number of carbonyl (C=O) groups is 2. The molecule has 2 heterocycles. The molecule has 2 amide bonds. The van der Waals surface area contributed by atoms with Gasteiger partial charge in [0.15, 0.2) is 0 Å². The fourth-order valence-electron chi connectivity index (χ4n) is 2.89. The Morgan fingerprint density at radius 2 is 1.74 bits per heavy atom. The maximum atomic E-state index is 11.8. The molecular weight excluding hydrogens is 242 g/mol. The SMILES string of the molecule is CN1C(=O)CC(NC2CCN(C(C)(C)C)CC2)C1=O. The summed E-state index contributed by atoms with van der Waals surface area (Å²) >= 11 is 0. The minimum Gasteiger partial charge on any atom is -0.303 e. The van der Waals surface area contributed by atoms with Crippen molar-refractivity contribution in [3.63, 3.8) is 0 Å². The van der Waals surface area contributed by atoms with Crippen LogP contribution in [0, 0.1) is 0 Å². The van der Waals surface area contributed by atoms with Gasteiger partial charge in [-0.2, -0.15) is 0 Å². The minimum atomic E-state index is -0.302. The molecule has 1 N–H and O–H groups in total. The van der Waals surface area contributed by atoms with Crippen LogP contribution in [0.15, 0.2) is 0 Å². The molecule has 2 fully saturated rings.